The Morgan fingerprint density at radius 3 is 2.16 bits per heavy atom. The number of likely N-dealkylation sites (N-methyl/N-ethyl adjacent to an activating group) is 1. The predicted octanol–water partition coefficient (Wildman–Crippen LogP) is 2.59. The number of aromatic hydroxyl groups is 1. The Morgan fingerprint density at radius 1 is 1.05 bits per heavy atom. The van der Waals surface area contributed by atoms with Gasteiger partial charge in [0, 0.05) is 43.4 Å². The van der Waals surface area contributed by atoms with Crippen LogP contribution in [0.3, 0.4) is 0 Å². The van der Waals surface area contributed by atoms with Crippen molar-refractivity contribution in [3.8, 4) is 5.75 Å². The van der Waals surface area contributed by atoms with Gasteiger partial charge >= 0.3 is 0 Å². The van der Waals surface area contributed by atoms with E-state index in [0.29, 0.717) is 17.7 Å². The molecule has 0 aromatic heterocycles. The number of phenols is 1. The molecule has 0 bridgehead atoms. The Morgan fingerprint density at radius 2 is 1.65 bits per heavy atom. The monoisotopic (exact) mass is 598 g/mol. The van der Waals surface area contributed by atoms with Crippen LogP contribution in [0.4, 0.5) is 5.69 Å². The van der Waals surface area contributed by atoms with Crippen molar-refractivity contribution in [2.45, 2.75) is 70.6 Å². The van der Waals surface area contributed by atoms with Gasteiger partial charge < -0.3 is 31.1 Å². The molecule has 1 amide bonds. The van der Waals surface area contributed by atoms with E-state index in [4.69, 9.17) is 5.73 Å². The van der Waals surface area contributed by atoms with Crippen LogP contribution in [0.25, 0.3) is 0 Å². The van der Waals surface area contributed by atoms with Gasteiger partial charge in [-0.15, -0.1) is 0 Å². The zero-order chi connectivity index (χ0) is 32.0. The third kappa shape index (κ3) is 5.32. The summed E-state index contributed by atoms with van der Waals surface area (Å²) in [5.74, 6) is -6.42. The Hall–Kier alpha value is -3.41. The fourth-order valence-electron chi connectivity index (χ4n) is 7.15. The van der Waals surface area contributed by atoms with Crippen LogP contribution in [0.5, 0.6) is 5.75 Å². The van der Waals surface area contributed by atoms with Gasteiger partial charge in [0.05, 0.1) is 11.6 Å². The summed E-state index contributed by atoms with van der Waals surface area (Å²) in [5.41, 5.74) is 3.84. The van der Waals surface area contributed by atoms with Gasteiger partial charge in [0.2, 0.25) is 5.78 Å². The zero-order valence-corrected chi connectivity index (χ0v) is 26.1. The highest BCUT2D eigenvalue weighted by Crippen LogP contribution is 2.53. The number of aliphatic hydroxyl groups is 3. The molecule has 1 aromatic rings. The van der Waals surface area contributed by atoms with E-state index in [9.17, 15) is 34.8 Å². The molecule has 4 atom stereocenters. The average molecular weight is 599 g/mol. The molecule has 11 nitrogen and oxygen atoms in total. The molecule has 0 fully saturated rings. The van der Waals surface area contributed by atoms with Crippen LogP contribution in [0.15, 0.2) is 28.7 Å². The van der Waals surface area contributed by atoms with Gasteiger partial charge in [-0.3, -0.25) is 24.2 Å². The SMILES string of the molecule is CCCCN(CCCC)Cc1cc(N(C)C)c2c(c1O)C(=O)C1=C(O)[C@]3(O)C(=O)C(C(N)=O)=C(O)C(N(C)C)[C@@H]3C[C@@H]1C2. The van der Waals surface area contributed by atoms with Crippen molar-refractivity contribution in [1.29, 1.82) is 0 Å². The summed E-state index contributed by atoms with van der Waals surface area (Å²) in [4.78, 5) is 45.7. The number of amides is 1. The molecule has 236 valence electrons. The largest absolute Gasteiger partial charge is 0.510 e. The van der Waals surface area contributed by atoms with Gasteiger partial charge in [-0.1, -0.05) is 26.7 Å². The van der Waals surface area contributed by atoms with Crippen LogP contribution in [0.1, 0.15) is 67.4 Å². The molecule has 6 N–H and O–H groups in total. The van der Waals surface area contributed by atoms with Gasteiger partial charge in [0.15, 0.2) is 11.4 Å². The summed E-state index contributed by atoms with van der Waals surface area (Å²) < 4.78 is 0. The van der Waals surface area contributed by atoms with Crippen LogP contribution in [-0.2, 0) is 22.6 Å². The molecule has 11 heteroatoms. The van der Waals surface area contributed by atoms with Crippen molar-refractivity contribution in [3.63, 3.8) is 0 Å². The number of phenolic OH excluding ortho intramolecular Hbond substituents is 1. The number of anilines is 1. The van der Waals surface area contributed by atoms with E-state index >= 15 is 0 Å². The lowest BCUT2D eigenvalue weighted by molar-refractivity contribution is -0.148. The number of benzene rings is 1. The standard InChI is InChI=1S/C32H46N4O7/c1-7-9-11-36(12-10-8-2)16-18-15-21(34(3)4)19-13-17-14-20-25(35(5)6)28(39)24(31(33)42)30(41)32(20,43)29(40)22(17)27(38)23(19)26(18)37/h15,17,20,25,37,39-40,43H,7-14,16H2,1-6H3,(H2,33,42)/t17-,20-,25?,32-/m0/s1. The Bertz CT molecular complexity index is 1370. The highest BCUT2D eigenvalue weighted by Gasteiger charge is 2.63. The molecule has 3 aliphatic rings. The molecular formula is C32H46N4O7. The molecule has 1 aromatic carbocycles. The molecule has 3 aliphatic carbocycles. The zero-order valence-electron chi connectivity index (χ0n) is 26.1. The van der Waals surface area contributed by atoms with Crippen molar-refractivity contribution in [3.05, 3.63) is 45.4 Å². The number of carbonyl (C=O) groups is 3. The second-order valence-corrected chi connectivity index (χ2v) is 12.6. The number of ketones is 2. The Kier molecular flexibility index (Phi) is 9.30. The first kappa shape index (κ1) is 32.5. The maximum atomic E-state index is 14.3. The highest BCUT2D eigenvalue weighted by atomic mass is 16.3. The lowest BCUT2D eigenvalue weighted by Crippen LogP contribution is -2.63. The fourth-order valence-corrected chi connectivity index (χ4v) is 7.15. The topological polar surface area (TPSA) is 168 Å². The fraction of sp³-hybridized carbons (Fsp3) is 0.594. The van der Waals surface area contributed by atoms with Crippen molar-refractivity contribution in [2.75, 3.05) is 46.2 Å². The van der Waals surface area contributed by atoms with Gasteiger partial charge in [0.1, 0.15) is 22.8 Å². The minimum atomic E-state index is -2.65. The second-order valence-electron chi connectivity index (χ2n) is 12.6. The number of nitrogens with two attached hydrogens (primary N) is 1. The average Bonchev–Trinajstić information content (AvgIpc) is 2.92. The third-order valence-electron chi connectivity index (χ3n) is 9.31. The van der Waals surface area contributed by atoms with E-state index in [1.165, 1.54) is 0 Å². The number of fused-ring (bicyclic) bond motifs is 3. The van der Waals surface area contributed by atoms with Crippen LogP contribution < -0.4 is 10.6 Å². The number of allylic oxidation sites excluding steroid dienone is 1. The van der Waals surface area contributed by atoms with E-state index in [1.807, 2.05) is 25.1 Å². The summed E-state index contributed by atoms with van der Waals surface area (Å²) in [5, 5.41) is 46.0. The normalized spacial score (nSPS) is 25.3. The van der Waals surface area contributed by atoms with E-state index in [0.717, 1.165) is 44.5 Å². The van der Waals surface area contributed by atoms with Crippen molar-refractivity contribution in [1.82, 2.24) is 9.80 Å². The summed E-state index contributed by atoms with van der Waals surface area (Å²) in [7, 11) is 6.96. The molecule has 0 saturated carbocycles. The number of unbranched alkanes of at least 4 members (excludes halogenated alkanes) is 2. The number of aliphatic hydroxyl groups excluding tert-OH is 2. The number of carbonyl (C=O) groups excluding carboxylic acids is 3. The van der Waals surface area contributed by atoms with Gasteiger partial charge in [-0.25, -0.2) is 0 Å². The minimum Gasteiger partial charge on any atom is -0.510 e. The summed E-state index contributed by atoms with van der Waals surface area (Å²) in [6, 6.07) is 0.896. The molecular weight excluding hydrogens is 552 g/mol. The van der Waals surface area contributed by atoms with Gasteiger partial charge in [-0.2, -0.15) is 0 Å². The lowest BCUT2D eigenvalue weighted by Gasteiger charge is -2.50. The van der Waals surface area contributed by atoms with Crippen molar-refractivity contribution >= 4 is 23.2 Å². The number of Topliss-reactive ketones (excluding diaryl/α,β-unsaturated/α-hetero) is 2. The van der Waals surface area contributed by atoms with Crippen LogP contribution >= 0.6 is 0 Å². The smallest absolute Gasteiger partial charge is 0.255 e. The van der Waals surface area contributed by atoms with E-state index in [1.54, 1.807) is 19.0 Å². The maximum absolute atomic E-state index is 14.3. The molecule has 1 unspecified atom stereocenters. The van der Waals surface area contributed by atoms with Crippen molar-refractivity contribution in [2.24, 2.45) is 17.6 Å². The number of primary amides is 1. The van der Waals surface area contributed by atoms with E-state index in [-0.39, 0.29) is 29.7 Å². The maximum Gasteiger partial charge on any atom is 0.255 e. The quantitative estimate of drug-likeness (QED) is 0.239. The summed E-state index contributed by atoms with van der Waals surface area (Å²) in [6.07, 6.45) is 4.36. The second kappa shape index (κ2) is 12.3. The molecule has 0 saturated heterocycles. The van der Waals surface area contributed by atoms with Crippen molar-refractivity contribution < 1.29 is 34.8 Å². The lowest BCUT2D eigenvalue weighted by atomic mass is 9.58. The summed E-state index contributed by atoms with van der Waals surface area (Å²) in [6.45, 7) is 6.37. The highest BCUT2D eigenvalue weighted by molar-refractivity contribution is 6.24. The first-order valence-electron chi connectivity index (χ1n) is 15.1. The molecule has 0 heterocycles. The Balaban J connectivity index is 1.88. The third-order valence-corrected chi connectivity index (χ3v) is 9.31. The molecule has 0 spiro atoms. The van der Waals surface area contributed by atoms with Gasteiger partial charge in [0.25, 0.3) is 5.91 Å². The predicted molar refractivity (Wildman–Crippen MR) is 163 cm³/mol. The number of hydrogen-bond donors (Lipinski definition) is 5. The first-order valence-corrected chi connectivity index (χ1v) is 15.1. The molecule has 43 heavy (non-hydrogen) atoms. The molecule has 0 aliphatic heterocycles. The molecule has 4 rings (SSSR count). The number of rotatable bonds is 11. The first-order chi connectivity index (χ1) is 20.2. The summed E-state index contributed by atoms with van der Waals surface area (Å²) >= 11 is 0. The molecule has 0 radical (unpaired) electrons. The van der Waals surface area contributed by atoms with E-state index < -0.39 is 58.0 Å². The minimum absolute atomic E-state index is 0.0490. The van der Waals surface area contributed by atoms with Gasteiger partial charge in [-0.05, 0) is 70.4 Å². The van der Waals surface area contributed by atoms with Crippen LogP contribution in [-0.4, -0.2) is 101 Å². The van der Waals surface area contributed by atoms with Crippen LogP contribution in [0.2, 0.25) is 0 Å². The van der Waals surface area contributed by atoms with Crippen LogP contribution in [0, 0.1) is 11.8 Å². The number of nitrogens with zero attached hydrogens (tertiary/aromatic N) is 3. The Labute approximate surface area is 253 Å². The number of hydrogen-bond acceptors (Lipinski definition) is 10. The van der Waals surface area contributed by atoms with E-state index in [2.05, 4.69) is 18.7 Å².